The van der Waals surface area contributed by atoms with Crippen molar-refractivity contribution in [1.82, 2.24) is 5.32 Å². The fourth-order valence-corrected chi connectivity index (χ4v) is 3.83. The number of rotatable bonds is 7. The number of hydrogen-bond acceptors (Lipinski definition) is 7. The zero-order chi connectivity index (χ0) is 25.0. The first-order valence-corrected chi connectivity index (χ1v) is 11.2. The molecular formula is C23H20BrClN2O7. The number of benzene rings is 2. The van der Waals surface area contributed by atoms with E-state index in [4.69, 9.17) is 25.8 Å². The van der Waals surface area contributed by atoms with Crippen LogP contribution in [0, 0.1) is 6.92 Å². The normalized spacial score (nSPS) is 14.8. The lowest BCUT2D eigenvalue weighted by Crippen LogP contribution is -2.54. The Morgan fingerprint density at radius 2 is 1.94 bits per heavy atom. The number of amides is 4. The van der Waals surface area contributed by atoms with E-state index in [2.05, 4.69) is 21.2 Å². The van der Waals surface area contributed by atoms with Gasteiger partial charge in [-0.1, -0.05) is 17.7 Å². The number of barbiturate groups is 1. The Balaban J connectivity index is 1.95. The molecule has 2 aromatic carbocycles. The molecule has 9 nitrogen and oxygen atoms in total. The van der Waals surface area contributed by atoms with Crippen LogP contribution in [0.3, 0.4) is 0 Å². The van der Waals surface area contributed by atoms with Crippen molar-refractivity contribution in [3.63, 3.8) is 0 Å². The van der Waals surface area contributed by atoms with E-state index < -0.39 is 23.8 Å². The molecule has 34 heavy (non-hydrogen) atoms. The van der Waals surface area contributed by atoms with Gasteiger partial charge >= 0.3 is 12.0 Å². The third-order valence-electron chi connectivity index (χ3n) is 4.72. The Morgan fingerprint density at radius 3 is 2.59 bits per heavy atom. The number of urea groups is 1. The van der Waals surface area contributed by atoms with Gasteiger partial charge in [-0.15, -0.1) is 0 Å². The molecule has 1 aliphatic rings. The molecule has 1 saturated heterocycles. The Bertz CT molecular complexity index is 1210. The summed E-state index contributed by atoms with van der Waals surface area (Å²) in [5, 5.41) is 2.53. The number of carbonyl (C=O) groups excluding carboxylic acids is 4. The van der Waals surface area contributed by atoms with Crippen molar-refractivity contribution in [3.05, 3.63) is 56.5 Å². The van der Waals surface area contributed by atoms with Gasteiger partial charge in [-0.05, 0) is 71.2 Å². The fraction of sp³-hybridized carbons (Fsp3) is 0.217. The zero-order valence-electron chi connectivity index (χ0n) is 18.4. The first kappa shape index (κ1) is 25.3. The average Bonchev–Trinajstić information content (AvgIpc) is 2.78. The van der Waals surface area contributed by atoms with E-state index in [-0.39, 0.29) is 36.0 Å². The van der Waals surface area contributed by atoms with E-state index in [1.54, 1.807) is 32.0 Å². The second-order valence-corrected chi connectivity index (χ2v) is 8.28. The minimum Gasteiger partial charge on any atom is -0.493 e. The molecular weight excluding hydrogens is 532 g/mol. The van der Waals surface area contributed by atoms with Crippen molar-refractivity contribution in [2.45, 2.75) is 13.8 Å². The van der Waals surface area contributed by atoms with Crippen molar-refractivity contribution in [2.24, 2.45) is 0 Å². The number of hydrogen-bond donors (Lipinski definition) is 1. The number of anilines is 1. The highest BCUT2D eigenvalue weighted by atomic mass is 79.9. The van der Waals surface area contributed by atoms with Gasteiger partial charge in [0.25, 0.3) is 11.8 Å². The fourth-order valence-electron chi connectivity index (χ4n) is 3.08. The number of aryl methyl sites for hydroxylation is 1. The standard InChI is InChI=1S/C23H20BrClN2O7/c1-4-33-19(28)11-34-20-16(24)8-13(9-18(20)32-3)7-15-21(29)26-23(31)27(22(15)30)14-6-5-12(2)17(25)10-14/h5-10H,4,11H2,1-3H3,(H,26,29,31)/b15-7-. The number of esters is 1. The topological polar surface area (TPSA) is 111 Å². The van der Waals surface area contributed by atoms with Crippen molar-refractivity contribution in [2.75, 3.05) is 25.2 Å². The van der Waals surface area contributed by atoms with E-state index >= 15 is 0 Å². The second-order valence-electron chi connectivity index (χ2n) is 7.02. The highest BCUT2D eigenvalue weighted by molar-refractivity contribution is 9.10. The Hall–Kier alpha value is -3.37. The van der Waals surface area contributed by atoms with Crippen LogP contribution in [0.5, 0.6) is 11.5 Å². The van der Waals surface area contributed by atoms with Gasteiger partial charge in [0.2, 0.25) is 0 Å². The minimum absolute atomic E-state index is 0.220. The highest BCUT2D eigenvalue weighted by Crippen LogP contribution is 2.37. The first-order valence-electron chi connectivity index (χ1n) is 9.99. The Labute approximate surface area is 208 Å². The second kappa shape index (κ2) is 10.7. The monoisotopic (exact) mass is 550 g/mol. The van der Waals surface area contributed by atoms with Gasteiger partial charge in [-0.25, -0.2) is 14.5 Å². The molecule has 1 fully saturated rings. The summed E-state index contributed by atoms with van der Waals surface area (Å²) in [6.45, 7) is 3.35. The highest BCUT2D eigenvalue weighted by Gasteiger charge is 2.37. The summed E-state index contributed by atoms with van der Waals surface area (Å²) in [5.41, 5.74) is 1.12. The number of methoxy groups -OCH3 is 1. The quantitative estimate of drug-likeness (QED) is 0.314. The van der Waals surface area contributed by atoms with Crippen LogP contribution in [0.25, 0.3) is 6.08 Å². The van der Waals surface area contributed by atoms with Gasteiger partial charge < -0.3 is 14.2 Å². The molecule has 2 aromatic rings. The van der Waals surface area contributed by atoms with Crippen LogP contribution in [0.1, 0.15) is 18.1 Å². The molecule has 1 N–H and O–H groups in total. The number of nitrogens with zero attached hydrogens (tertiary/aromatic N) is 1. The predicted octanol–water partition coefficient (Wildman–Crippen LogP) is 4.03. The smallest absolute Gasteiger partial charge is 0.344 e. The van der Waals surface area contributed by atoms with Gasteiger partial charge in [0.05, 0.1) is 23.9 Å². The Morgan fingerprint density at radius 1 is 1.21 bits per heavy atom. The molecule has 0 unspecified atom stereocenters. The lowest BCUT2D eigenvalue weighted by molar-refractivity contribution is -0.145. The molecule has 11 heteroatoms. The third-order valence-corrected chi connectivity index (χ3v) is 5.71. The van der Waals surface area contributed by atoms with Crippen LogP contribution in [-0.4, -0.2) is 44.1 Å². The summed E-state index contributed by atoms with van der Waals surface area (Å²) in [4.78, 5) is 50.4. The molecule has 0 bridgehead atoms. The van der Waals surface area contributed by atoms with Crippen LogP contribution < -0.4 is 19.7 Å². The molecule has 0 atom stereocenters. The minimum atomic E-state index is -0.881. The van der Waals surface area contributed by atoms with Crippen molar-refractivity contribution >= 4 is 63.1 Å². The summed E-state index contributed by atoms with van der Waals surface area (Å²) in [5.74, 6) is -1.72. The Kier molecular flexibility index (Phi) is 7.95. The van der Waals surface area contributed by atoms with Crippen LogP contribution in [0.4, 0.5) is 10.5 Å². The molecule has 4 amide bonds. The summed E-state index contributed by atoms with van der Waals surface area (Å²) >= 11 is 9.49. The molecule has 0 radical (unpaired) electrons. The number of nitrogens with one attached hydrogen (secondary N) is 1. The van der Waals surface area contributed by atoms with Gasteiger partial charge in [-0.2, -0.15) is 0 Å². The number of carbonyl (C=O) groups is 4. The molecule has 0 aliphatic carbocycles. The van der Waals surface area contributed by atoms with Crippen LogP contribution >= 0.6 is 27.5 Å². The third kappa shape index (κ3) is 5.40. The number of ether oxygens (including phenoxy) is 3. The maximum absolute atomic E-state index is 13.1. The summed E-state index contributed by atoms with van der Waals surface area (Å²) < 4.78 is 16.1. The SMILES string of the molecule is CCOC(=O)COc1c(Br)cc(/C=C2/C(=O)NC(=O)N(c3ccc(C)c(Cl)c3)C2=O)cc1OC. The van der Waals surface area contributed by atoms with Crippen molar-refractivity contribution in [3.8, 4) is 11.5 Å². The molecule has 0 saturated carbocycles. The van der Waals surface area contributed by atoms with Gasteiger partial charge in [0, 0.05) is 5.02 Å². The maximum atomic E-state index is 13.1. The van der Waals surface area contributed by atoms with E-state index in [0.717, 1.165) is 10.5 Å². The van der Waals surface area contributed by atoms with E-state index in [9.17, 15) is 19.2 Å². The zero-order valence-corrected chi connectivity index (χ0v) is 20.8. The van der Waals surface area contributed by atoms with Gasteiger partial charge in [0.15, 0.2) is 18.1 Å². The van der Waals surface area contributed by atoms with Crippen LogP contribution in [0.15, 0.2) is 40.4 Å². The molecule has 1 aliphatic heterocycles. The van der Waals surface area contributed by atoms with E-state index in [1.165, 1.54) is 25.3 Å². The number of imide groups is 2. The molecule has 3 rings (SSSR count). The van der Waals surface area contributed by atoms with E-state index in [0.29, 0.717) is 15.1 Å². The lowest BCUT2D eigenvalue weighted by atomic mass is 10.1. The molecule has 0 aromatic heterocycles. The largest absolute Gasteiger partial charge is 0.493 e. The van der Waals surface area contributed by atoms with Crippen LogP contribution in [0.2, 0.25) is 5.02 Å². The average molecular weight is 552 g/mol. The molecule has 1 heterocycles. The lowest BCUT2D eigenvalue weighted by Gasteiger charge is -2.26. The molecule has 0 spiro atoms. The van der Waals surface area contributed by atoms with Gasteiger partial charge in [-0.3, -0.25) is 14.9 Å². The summed E-state index contributed by atoms with van der Waals surface area (Å²) in [6.07, 6.45) is 1.31. The van der Waals surface area contributed by atoms with Crippen molar-refractivity contribution < 1.29 is 33.4 Å². The number of halogens is 2. The van der Waals surface area contributed by atoms with Crippen molar-refractivity contribution in [1.29, 1.82) is 0 Å². The molecule has 178 valence electrons. The first-order chi connectivity index (χ1) is 16.2. The maximum Gasteiger partial charge on any atom is 0.344 e. The van der Waals surface area contributed by atoms with E-state index in [1.807, 2.05) is 0 Å². The summed E-state index contributed by atoms with van der Waals surface area (Å²) in [7, 11) is 1.40. The van der Waals surface area contributed by atoms with Crippen LogP contribution in [-0.2, 0) is 19.1 Å². The predicted molar refractivity (Wildman–Crippen MR) is 128 cm³/mol. The summed E-state index contributed by atoms with van der Waals surface area (Å²) in [6, 6.07) is 6.89. The van der Waals surface area contributed by atoms with Gasteiger partial charge in [0.1, 0.15) is 5.57 Å².